The number of nitrogens with zero attached hydrogens (tertiary/aromatic N) is 1. The molecule has 1 aromatic heterocycles. The zero-order valence-corrected chi connectivity index (χ0v) is 11.8. The SMILES string of the molecule is CCOC(=O)c1cn[nH]c1OCC1CCNCC1.Cl. The van der Waals surface area contributed by atoms with E-state index in [1.807, 2.05) is 0 Å². The van der Waals surface area contributed by atoms with E-state index in [1.165, 1.54) is 6.20 Å². The summed E-state index contributed by atoms with van der Waals surface area (Å²) in [5.74, 6) is 0.545. The Morgan fingerprint density at radius 1 is 1.47 bits per heavy atom. The Morgan fingerprint density at radius 2 is 2.21 bits per heavy atom. The summed E-state index contributed by atoms with van der Waals surface area (Å²) in [6.07, 6.45) is 3.64. The van der Waals surface area contributed by atoms with Gasteiger partial charge in [0.05, 0.1) is 19.4 Å². The van der Waals surface area contributed by atoms with E-state index in [-0.39, 0.29) is 12.4 Å². The smallest absolute Gasteiger partial charge is 0.345 e. The molecule has 0 spiro atoms. The highest BCUT2D eigenvalue weighted by Gasteiger charge is 2.19. The number of piperidine rings is 1. The monoisotopic (exact) mass is 289 g/mol. The van der Waals surface area contributed by atoms with Crippen molar-refractivity contribution in [1.82, 2.24) is 15.5 Å². The number of aromatic amines is 1. The number of ether oxygens (including phenoxy) is 2. The Kier molecular flexibility index (Phi) is 6.66. The minimum atomic E-state index is -0.397. The van der Waals surface area contributed by atoms with Gasteiger partial charge in [-0.25, -0.2) is 9.89 Å². The molecule has 0 bridgehead atoms. The van der Waals surface area contributed by atoms with Gasteiger partial charge in [-0.1, -0.05) is 0 Å². The molecule has 2 N–H and O–H groups in total. The molecule has 0 amide bonds. The van der Waals surface area contributed by atoms with E-state index < -0.39 is 5.97 Å². The fourth-order valence-corrected chi connectivity index (χ4v) is 1.99. The number of hydrogen-bond acceptors (Lipinski definition) is 5. The van der Waals surface area contributed by atoms with E-state index in [0.717, 1.165) is 25.9 Å². The molecule has 7 heteroatoms. The third kappa shape index (κ3) is 4.40. The predicted molar refractivity (Wildman–Crippen MR) is 72.9 cm³/mol. The van der Waals surface area contributed by atoms with Gasteiger partial charge >= 0.3 is 5.97 Å². The summed E-state index contributed by atoms with van der Waals surface area (Å²) < 4.78 is 10.6. The number of rotatable bonds is 5. The molecule has 0 radical (unpaired) electrons. The van der Waals surface area contributed by atoms with Crippen LogP contribution in [0.2, 0.25) is 0 Å². The quantitative estimate of drug-likeness (QED) is 0.801. The largest absolute Gasteiger partial charge is 0.477 e. The minimum absolute atomic E-state index is 0. The third-order valence-corrected chi connectivity index (χ3v) is 3.02. The first-order valence-corrected chi connectivity index (χ1v) is 6.35. The lowest BCUT2D eigenvalue weighted by Crippen LogP contribution is -2.30. The van der Waals surface area contributed by atoms with Crippen LogP contribution in [0.4, 0.5) is 0 Å². The van der Waals surface area contributed by atoms with Crippen LogP contribution in [0.5, 0.6) is 5.88 Å². The summed E-state index contributed by atoms with van der Waals surface area (Å²) in [6.45, 7) is 4.78. The summed E-state index contributed by atoms with van der Waals surface area (Å²) in [7, 11) is 0. The van der Waals surface area contributed by atoms with Gasteiger partial charge in [0.25, 0.3) is 0 Å². The van der Waals surface area contributed by atoms with Gasteiger partial charge in [0.15, 0.2) is 0 Å². The second-order valence-corrected chi connectivity index (χ2v) is 4.34. The topological polar surface area (TPSA) is 76.2 Å². The molecular weight excluding hydrogens is 270 g/mol. The van der Waals surface area contributed by atoms with Crippen LogP contribution in [-0.4, -0.2) is 42.5 Å². The van der Waals surface area contributed by atoms with E-state index in [9.17, 15) is 4.79 Å². The van der Waals surface area contributed by atoms with E-state index in [0.29, 0.717) is 30.6 Å². The Bertz CT molecular complexity index is 391. The van der Waals surface area contributed by atoms with Crippen molar-refractivity contribution in [3.63, 3.8) is 0 Å². The van der Waals surface area contributed by atoms with Gasteiger partial charge in [-0.3, -0.25) is 0 Å². The third-order valence-electron chi connectivity index (χ3n) is 3.02. The van der Waals surface area contributed by atoms with Crippen LogP contribution < -0.4 is 10.1 Å². The molecule has 0 atom stereocenters. The first-order chi connectivity index (χ1) is 8.81. The number of nitrogens with one attached hydrogen (secondary N) is 2. The fraction of sp³-hybridized carbons (Fsp3) is 0.667. The number of halogens is 1. The molecule has 1 fully saturated rings. The van der Waals surface area contributed by atoms with Crippen LogP contribution in [-0.2, 0) is 4.74 Å². The summed E-state index contributed by atoms with van der Waals surface area (Å²) in [5.41, 5.74) is 0.366. The van der Waals surface area contributed by atoms with Crippen molar-refractivity contribution in [1.29, 1.82) is 0 Å². The summed E-state index contributed by atoms with van der Waals surface area (Å²) in [4.78, 5) is 11.6. The van der Waals surface area contributed by atoms with E-state index >= 15 is 0 Å². The molecular formula is C12H20ClN3O3. The second kappa shape index (κ2) is 8.01. The Morgan fingerprint density at radius 3 is 2.89 bits per heavy atom. The van der Waals surface area contributed by atoms with Gasteiger partial charge < -0.3 is 14.8 Å². The maximum Gasteiger partial charge on any atom is 0.345 e. The summed E-state index contributed by atoms with van der Waals surface area (Å²) >= 11 is 0. The predicted octanol–water partition coefficient (Wildman–Crippen LogP) is 1.39. The lowest BCUT2D eigenvalue weighted by atomic mass is 9.99. The molecule has 108 valence electrons. The molecule has 6 nitrogen and oxygen atoms in total. The molecule has 1 aliphatic heterocycles. The molecule has 2 heterocycles. The van der Waals surface area contributed by atoms with Gasteiger partial charge in [-0.05, 0) is 38.8 Å². The molecule has 0 aromatic carbocycles. The number of esters is 1. The zero-order valence-electron chi connectivity index (χ0n) is 11.0. The van der Waals surface area contributed by atoms with Crippen LogP contribution in [0.1, 0.15) is 30.1 Å². The van der Waals surface area contributed by atoms with Crippen LogP contribution in [0.25, 0.3) is 0 Å². The minimum Gasteiger partial charge on any atom is -0.477 e. The fourth-order valence-electron chi connectivity index (χ4n) is 1.99. The van der Waals surface area contributed by atoms with Gasteiger partial charge in [-0.15, -0.1) is 12.4 Å². The summed E-state index contributed by atoms with van der Waals surface area (Å²) in [6, 6.07) is 0. The van der Waals surface area contributed by atoms with Crippen LogP contribution in [0, 0.1) is 5.92 Å². The van der Waals surface area contributed by atoms with Gasteiger partial charge in [0.2, 0.25) is 5.88 Å². The molecule has 1 aliphatic rings. The van der Waals surface area contributed by atoms with E-state index in [2.05, 4.69) is 15.5 Å². The van der Waals surface area contributed by atoms with E-state index in [4.69, 9.17) is 9.47 Å². The van der Waals surface area contributed by atoms with Crippen molar-refractivity contribution in [2.45, 2.75) is 19.8 Å². The standard InChI is InChI=1S/C12H19N3O3.ClH/c1-2-17-12(16)10-7-14-15-11(10)18-8-9-3-5-13-6-4-9;/h7,9,13H,2-6,8H2,1H3,(H,14,15);1H. The van der Waals surface area contributed by atoms with Crippen molar-refractivity contribution >= 4 is 18.4 Å². The first-order valence-electron chi connectivity index (χ1n) is 6.35. The van der Waals surface area contributed by atoms with Crippen molar-refractivity contribution in [2.75, 3.05) is 26.3 Å². The zero-order chi connectivity index (χ0) is 12.8. The van der Waals surface area contributed by atoms with Crippen LogP contribution in [0.15, 0.2) is 6.20 Å². The highest BCUT2D eigenvalue weighted by molar-refractivity contribution is 5.91. The maximum atomic E-state index is 11.6. The van der Waals surface area contributed by atoms with E-state index in [1.54, 1.807) is 6.92 Å². The average molecular weight is 290 g/mol. The number of H-pyrrole nitrogens is 1. The highest BCUT2D eigenvalue weighted by Crippen LogP contribution is 2.18. The first kappa shape index (κ1) is 15.8. The number of aromatic nitrogens is 2. The van der Waals surface area contributed by atoms with Crippen molar-refractivity contribution in [3.8, 4) is 5.88 Å². The van der Waals surface area contributed by atoms with Gasteiger partial charge in [0.1, 0.15) is 5.56 Å². The molecule has 0 unspecified atom stereocenters. The van der Waals surface area contributed by atoms with Crippen molar-refractivity contribution in [3.05, 3.63) is 11.8 Å². The van der Waals surface area contributed by atoms with Gasteiger partial charge in [-0.2, -0.15) is 5.10 Å². The maximum absolute atomic E-state index is 11.6. The lowest BCUT2D eigenvalue weighted by molar-refractivity contribution is 0.0520. The average Bonchev–Trinajstić information content (AvgIpc) is 2.86. The molecule has 1 saturated heterocycles. The molecule has 19 heavy (non-hydrogen) atoms. The molecule has 1 aromatic rings. The van der Waals surface area contributed by atoms with Crippen molar-refractivity contribution in [2.24, 2.45) is 5.92 Å². The molecule has 0 saturated carbocycles. The number of carbonyl (C=O) groups excluding carboxylic acids is 1. The van der Waals surface area contributed by atoms with Gasteiger partial charge in [0, 0.05) is 0 Å². The second-order valence-electron chi connectivity index (χ2n) is 4.34. The Labute approximate surface area is 118 Å². The number of carbonyl (C=O) groups is 1. The Hall–Kier alpha value is -1.27. The van der Waals surface area contributed by atoms with Crippen molar-refractivity contribution < 1.29 is 14.3 Å². The lowest BCUT2D eigenvalue weighted by Gasteiger charge is -2.22. The highest BCUT2D eigenvalue weighted by atomic mass is 35.5. The number of hydrogen-bond donors (Lipinski definition) is 2. The molecule has 2 rings (SSSR count). The normalized spacial score (nSPS) is 15.6. The summed E-state index contributed by atoms with van der Waals surface area (Å²) in [5, 5.41) is 9.83. The Balaban J connectivity index is 0.00000180. The van der Waals surface area contributed by atoms with Crippen LogP contribution in [0.3, 0.4) is 0 Å². The van der Waals surface area contributed by atoms with Crippen LogP contribution >= 0.6 is 12.4 Å². The molecule has 0 aliphatic carbocycles.